The summed E-state index contributed by atoms with van der Waals surface area (Å²) in [5.41, 5.74) is 0.987. The first-order valence-electron chi connectivity index (χ1n) is 8.61. The summed E-state index contributed by atoms with van der Waals surface area (Å²) in [6, 6.07) is 10.1. The van der Waals surface area contributed by atoms with E-state index in [1.54, 1.807) is 6.33 Å². The zero-order chi connectivity index (χ0) is 17.1. The van der Waals surface area contributed by atoms with Gasteiger partial charge in [-0.2, -0.15) is 4.98 Å². The summed E-state index contributed by atoms with van der Waals surface area (Å²) in [6.45, 7) is 6.48. The quantitative estimate of drug-likeness (QED) is 0.783. The molecular formula is C18H21N7. The number of aromatic nitrogens is 4. The van der Waals surface area contributed by atoms with E-state index in [9.17, 15) is 0 Å². The summed E-state index contributed by atoms with van der Waals surface area (Å²) in [6.07, 6.45) is 3.46. The van der Waals surface area contributed by atoms with E-state index in [1.807, 2.05) is 37.4 Å². The van der Waals surface area contributed by atoms with E-state index in [2.05, 4.69) is 41.1 Å². The van der Waals surface area contributed by atoms with Gasteiger partial charge in [-0.15, -0.1) is 0 Å². The lowest BCUT2D eigenvalue weighted by molar-refractivity contribution is 0.642. The molecule has 1 aliphatic rings. The molecule has 0 bridgehead atoms. The Balaban J connectivity index is 1.50. The number of rotatable bonds is 4. The number of hydrogen-bond donors (Lipinski definition) is 1. The summed E-state index contributed by atoms with van der Waals surface area (Å²) < 4.78 is 0. The molecule has 0 saturated carbocycles. The highest BCUT2D eigenvalue weighted by Crippen LogP contribution is 2.24. The molecule has 1 aliphatic heterocycles. The minimum atomic E-state index is 0.684. The van der Waals surface area contributed by atoms with Crippen LogP contribution in [0.1, 0.15) is 6.92 Å². The van der Waals surface area contributed by atoms with E-state index in [-0.39, 0.29) is 0 Å². The van der Waals surface area contributed by atoms with Crippen molar-refractivity contribution < 1.29 is 0 Å². The van der Waals surface area contributed by atoms with Gasteiger partial charge in [0, 0.05) is 44.3 Å². The van der Waals surface area contributed by atoms with Crippen LogP contribution in [0.5, 0.6) is 0 Å². The minimum absolute atomic E-state index is 0.684. The van der Waals surface area contributed by atoms with Gasteiger partial charge < -0.3 is 15.1 Å². The van der Waals surface area contributed by atoms with Crippen LogP contribution in [0.4, 0.5) is 17.6 Å². The third-order valence-corrected chi connectivity index (χ3v) is 4.40. The molecule has 1 fully saturated rings. The number of piperazine rings is 1. The summed E-state index contributed by atoms with van der Waals surface area (Å²) in [7, 11) is 0. The Hall–Kier alpha value is -2.96. The highest BCUT2D eigenvalue weighted by Gasteiger charge is 2.21. The summed E-state index contributed by atoms with van der Waals surface area (Å²) in [5, 5.41) is 4.27. The molecule has 7 heteroatoms. The van der Waals surface area contributed by atoms with Crippen LogP contribution in [0.3, 0.4) is 0 Å². The lowest BCUT2D eigenvalue weighted by atomic mass is 10.2. The molecule has 0 radical (unpaired) electrons. The fourth-order valence-corrected chi connectivity index (χ4v) is 3.16. The number of hydrogen-bond acceptors (Lipinski definition) is 7. The molecule has 7 nitrogen and oxygen atoms in total. The molecule has 3 aromatic rings. The standard InChI is InChI=1S/C18H21N7/c1-2-19-18-20-8-7-16(23-18)24-9-11-25(12-10-24)17-14-5-3-4-6-15(14)21-13-22-17/h3-8,13H,2,9-12H2,1H3,(H,19,20,23). The molecule has 4 rings (SSSR count). The van der Waals surface area contributed by atoms with Crippen LogP contribution in [0, 0.1) is 0 Å². The van der Waals surface area contributed by atoms with Gasteiger partial charge in [0.25, 0.3) is 0 Å². The summed E-state index contributed by atoms with van der Waals surface area (Å²) in [4.78, 5) is 22.3. The van der Waals surface area contributed by atoms with Crippen molar-refractivity contribution in [2.24, 2.45) is 0 Å². The van der Waals surface area contributed by atoms with Crippen LogP contribution in [0.15, 0.2) is 42.9 Å². The summed E-state index contributed by atoms with van der Waals surface area (Å²) in [5.74, 6) is 2.67. The fourth-order valence-electron chi connectivity index (χ4n) is 3.16. The largest absolute Gasteiger partial charge is 0.354 e. The zero-order valence-corrected chi connectivity index (χ0v) is 14.3. The van der Waals surface area contributed by atoms with Crippen molar-refractivity contribution in [2.75, 3.05) is 47.8 Å². The van der Waals surface area contributed by atoms with Crippen LogP contribution in [0.25, 0.3) is 10.9 Å². The summed E-state index contributed by atoms with van der Waals surface area (Å²) >= 11 is 0. The van der Waals surface area contributed by atoms with Crippen molar-refractivity contribution in [3.05, 3.63) is 42.9 Å². The maximum atomic E-state index is 4.59. The van der Waals surface area contributed by atoms with Crippen molar-refractivity contribution in [3.63, 3.8) is 0 Å². The lowest BCUT2D eigenvalue weighted by Gasteiger charge is -2.36. The second kappa shape index (κ2) is 6.88. The van der Waals surface area contributed by atoms with E-state index in [0.717, 1.165) is 55.3 Å². The topological polar surface area (TPSA) is 70.1 Å². The number of anilines is 3. The Morgan fingerprint density at radius 3 is 2.60 bits per heavy atom. The van der Waals surface area contributed by atoms with Crippen molar-refractivity contribution in [1.82, 2.24) is 19.9 Å². The average molecular weight is 335 g/mol. The Morgan fingerprint density at radius 1 is 0.960 bits per heavy atom. The molecule has 128 valence electrons. The molecule has 0 amide bonds. The van der Waals surface area contributed by atoms with E-state index < -0.39 is 0 Å². The first-order valence-corrected chi connectivity index (χ1v) is 8.61. The zero-order valence-electron chi connectivity index (χ0n) is 14.3. The van der Waals surface area contributed by atoms with Crippen LogP contribution in [-0.2, 0) is 0 Å². The highest BCUT2D eigenvalue weighted by atomic mass is 15.3. The first kappa shape index (κ1) is 15.6. The molecule has 0 spiro atoms. The van der Waals surface area contributed by atoms with E-state index in [1.165, 1.54) is 0 Å². The third kappa shape index (κ3) is 3.17. The normalized spacial score (nSPS) is 14.8. The second-order valence-electron chi connectivity index (χ2n) is 5.96. The third-order valence-electron chi connectivity index (χ3n) is 4.40. The molecule has 2 aromatic heterocycles. The van der Waals surface area contributed by atoms with Gasteiger partial charge in [0.05, 0.1) is 5.52 Å². The number of nitrogens with zero attached hydrogens (tertiary/aromatic N) is 6. The van der Waals surface area contributed by atoms with E-state index >= 15 is 0 Å². The Labute approximate surface area is 146 Å². The van der Waals surface area contributed by atoms with Gasteiger partial charge in [-0.05, 0) is 25.1 Å². The van der Waals surface area contributed by atoms with Gasteiger partial charge in [0.1, 0.15) is 18.0 Å². The molecule has 25 heavy (non-hydrogen) atoms. The Kier molecular flexibility index (Phi) is 4.28. The lowest BCUT2D eigenvalue weighted by Crippen LogP contribution is -2.47. The molecule has 3 heterocycles. The van der Waals surface area contributed by atoms with Gasteiger partial charge in [-0.25, -0.2) is 15.0 Å². The SMILES string of the molecule is CCNc1nccc(N2CCN(c3ncnc4ccccc34)CC2)n1. The predicted octanol–water partition coefficient (Wildman–Crippen LogP) is 2.18. The predicted molar refractivity (Wildman–Crippen MR) is 100 cm³/mol. The molecule has 0 atom stereocenters. The van der Waals surface area contributed by atoms with Gasteiger partial charge in [-0.3, -0.25) is 0 Å². The van der Waals surface area contributed by atoms with Crippen LogP contribution >= 0.6 is 0 Å². The molecular weight excluding hydrogens is 314 g/mol. The van der Waals surface area contributed by atoms with Gasteiger partial charge in [0.2, 0.25) is 5.95 Å². The maximum absolute atomic E-state index is 4.59. The van der Waals surface area contributed by atoms with Crippen molar-refractivity contribution >= 4 is 28.5 Å². The molecule has 0 unspecified atom stereocenters. The highest BCUT2D eigenvalue weighted by molar-refractivity contribution is 5.89. The van der Waals surface area contributed by atoms with Gasteiger partial charge >= 0.3 is 0 Å². The second-order valence-corrected chi connectivity index (χ2v) is 5.96. The minimum Gasteiger partial charge on any atom is -0.354 e. The van der Waals surface area contributed by atoms with E-state index in [0.29, 0.717) is 5.95 Å². The van der Waals surface area contributed by atoms with Crippen LogP contribution in [0.2, 0.25) is 0 Å². The fraction of sp³-hybridized carbons (Fsp3) is 0.333. The number of nitrogens with one attached hydrogen (secondary N) is 1. The molecule has 1 aromatic carbocycles. The van der Waals surface area contributed by atoms with E-state index in [4.69, 9.17) is 0 Å². The van der Waals surface area contributed by atoms with Gasteiger partial charge in [0.15, 0.2) is 0 Å². The van der Waals surface area contributed by atoms with Crippen LogP contribution in [-0.4, -0.2) is 52.7 Å². The van der Waals surface area contributed by atoms with Crippen molar-refractivity contribution in [2.45, 2.75) is 6.92 Å². The monoisotopic (exact) mass is 335 g/mol. The van der Waals surface area contributed by atoms with Crippen molar-refractivity contribution in [3.8, 4) is 0 Å². The smallest absolute Gasteiger partial charge is 0.224 e. The molecule has 1 saturated heterocycles. The number of para-hydroxylation sites is 1. The van der Waals surface area contributed by atoms with Gasteiger partial charge in [-0.1, -0.05) is 12.1 Å². The average Bonchev–Trinajstić information content (AvgIpc) is 2.68. The van der Waals surface area contributed by atoms with Crippen molar-refractivity contribution in [1.29, 1.82) is 0 Å². The number of fused-ring (bicyclic) bond motifs is 1. The Bertz CT molecular complexity index is 853. The Morgan fingerprint density at radius 2 is 1.76 bits per heavy atom. The number of benzene rings is 1. The first-order chi connectivity index (χ1) is 12.3. The van der Waals surface area contributed by atoms with Crippen LogP contribution < -0.4 is 15.1 Å². The molecule has 1 N–H and O–H groups in total. The maximum Gasteiger partial charge on any atom is 0.224 e. The molecule has 0 aliphatic carbocycles.